The van der Waals surface area contributed by atoms with Crippen LogP contribution in [0, 0.1) is 0 Å². The molecule has 0 aliphatic rings. The molecule has 0 aromatic heterocycles. The van der Waals surface area contributed by atoms with Crippen molar-refractivity contribution < 1.29 is 26.4 Å². The van der Waals surface area contributed by atoms with Gasteiger partial charge in [-0.25, -0.2) is 8.42 Å². The van der Waals surface area contributed by atoms with E-state index in [2.05, 4.69) is 0 Å². The average Bonchev–Trinajstić information content (AvgIpc) is 2.65. The number of halogens is 4. The molecule has 0 fully saturated rings. The lowest BCUT2D eigenvalue weighted by atomic mass is 10.2. The third-order valence-corrected chi connectivity index (χ3v) is 6.10. The molecule has 0 unspecified atom stereocenters. The molecule has 0 bridgehead atoms. The SMILES string of the molecule is CCN(CC(F)(F)F)C(=O)c1cc(S(=O)(=O)N(C)c2ccccc2)ccc1Cl. The summed E-state index contributed by atoms with van der Waals surface area (Å²) in [5.74, 6) is -0.996. The van der Waals surface area contributed by atoms with Crippen LogP contribution in [0.5, 0.6) is 0 Å². The largest absolute Gasteiger partial charge is 0.406 e. The lowest BCUT2D eigenvalue weighted by Crippen LogP contribution is -2.39. The van der Waals surface area contributed by atoms with Crippen molar-refractivity contribution in [2.45, 2.75) is 18.0 Å². The first kappa shape index (κ1) is 22.0. The highest BCUT2D eigenvalue weighted by molar-refractivity contribution is 7.92. The highest BCUT2D eigenvalue weighted by Gasteiger charge is 2.33. The van der Waals surface area contributed by atoms with Crippen LogP contribution in [0.4, 0.5) is 18.9 Å². The number of rotatable bonds is 6. The molecule has 0 aliphatic heterocycles. The summed E-state index contributed by atoms with van der Waals surface area (Å²) in [5.41, 5.74) is 0.0767. The fraction of sp³-hybridized carbons (Fsp3) is 0.278. The van der Waals surface area contributed by atoms with Gasteiger partial charge in [0, 0.05) is 13.6 Å². The van der Waals surface area contributed by atoms with E-state index in [1.807, 2.05) is 0 Å². The zero-order valence-electron chi connectivity index (χ0n) is 15.1. The summed E-state index contributed by atoms with van der Waals surface area (Å²) < 4.78 is 64.8. The smallest absolute Gasteiger partial charge is 0.330 e. The Hall–Kier alpha value is -2.26. The molecule has 1 amide bonds. The summed E-state index contributed by atoms with van der Waals surface area (Å²) in [5, 5.41) is -0.132. The first-order valence-electron chi connectivity index (χ1n) is 8.17. The zero-order chi connectivity index (χ0) is 21.1. The van der Waals surface area contributed by atoms with Crippen molar-refractivity contribution in [3.05, 3.63) is 59.1 Å². The van der Waals surface area contributed by atoms with Gasteiger partial charge >= 0.3 is 6.18 Å². The third-order valence-electron chi connectivity index (χ3n) is 3.99. The van der Waals surface area contributed by atoms with Gasteiger partial charge in [-0.05, 0) is 37.3 Å². The number of hydrogen-bond acceptors (Lipinski definition) is 3. The number of carbonyl (C=O) groups is 1. The van der Waals surface area contributed by atoms with E-state index in [0.29, 0.717) is 10.6 Å². The Kier molecular flexibility index (Phi) is 6.61. The molecule has 28 heavy (non-hydrogen) atoms. The molecule has 10 heteroatoms. The molecule has 0 radical (unpaired) electrons. The van der Waals surface area contributed by atoms with Crippen molar-refractivity contribution >= 4 is 33.2 Å². The topological polar surface area (TPSA) is 57.7 Å². The fourth-order valence-corrected chi connectivity index (χ4v) is 3.90. The predicted octanol–water partition coefficient (Wildman–Crippen LogP) is 4.19. The maximum atomic E-state index is 12.9. The minimum Gasteiger partial charge on any atom is -0.330 e. The van der Waals surface area contributed by atoms with Crippen LogP contribution in [-0.2, 0) is 10.0 Å². The van der Waals surface area contributed by atoms with Gasteiger partial charge in [-0.15, -0.1) is 0 Å². The van der Waals surface area contributed by atoms with Crippen molar-refractivity contribution in [1.29, 1.82) is 0 Å². The molecule has 2 aromatic carbocycles. The average molecular weight is 435 g/mol. The van der Waals surface area contributed by atoms with Crippen LogP contribution in [0.15, 0.2) is 53.4 Å². The fourth-order valence-electron chi connectivity index (χ4n) is 2.48. The van der Waals surface area contributed by atoms with Crippen molar-refractivity contribution in [2.75, 3.05) is 24.4 Å². The molecule has 0 N–H and O–H groups in total. The van der Waals surface area contributed by atoms with Gasteiger partial charge in [0.2, 0.25) is 0 Å². The number of benzene rings is 2. The van der Waals surface area contributed by atoms with Gasteiger partial charge in [-0.3, -0.25) is 9.10 Å². The van der Waals surface area contributed by atoms with Gasteiger partial charge in [0.15, 0.2) is 0 Å². The summed E-state index contributed by atoms with van der Waals surface area (Å²) in [6.45, 7) is -0.281. The monoisotopic (exact) mass is 434 g/mol. The van der Waals surface area contributed by atoms with Gasteiger partial charge < -0.3 is 4.90 Å². The number of sulfonamides is 1. The van der Waals surface area contributed by atoms with E-state index in [9.17, 15) is 26.4 Å². The van der Waals surface area contributed by atoms with Crippen LogP contribution in [0.1, 0.15) is 17.3 Å². The Morgan fingerprint density at radius 2 is 1.71 bits per heavy atom. The summed E-state index contributed by atoms with van der Waals surface area (Å²) in [6, 6.07) is 11.6. The quantitative estimate of drug-likeness (QED) is 0.685. The number of hydrogen-bond donors (Lipinski definition) is 0. The van der Waals surface area contributed by atoms with Crippen LogP contribution in [-0.4, -0.2) is 45.5 Å². The van der Waals surface area contributed by atoms with Crippen LogP contribution < -0.4 is 4.31 Å². The number of para-hydroxylation sites is 1. The Morgan fingerprint density at radius 3 is 2.25 bits per heavy atom. The highest BCUT2D eigenvalue weighted by Crippen LogP contribution is 2.27. The van der Waals surface area contributed by atoms with Crippen LogP contribution in [0.25, 0.3) is 0 Å². The minimum atomic E-state index is -4.59. The Bertz CT molecular complexity index is 950. The molecule has 5 nitrogen and oxygen atoms in total. The number of alkyl halides is 3. The van der Waals surface area contributed by atoms with Crippen molar-refractivity contribution in [2.24, 2.45) is 0 Å². The van der Waals surface area contributed by atoms with Crippen molar-refractivity contribution in [3.8, 4) is 0 Å². The molecule has 2 rings (SSSR count). The van der Waals surface area contributed by atoms with E-state index in [1.165, 1.54) is 26.1 Å². The maximum Gasteiger partial charge on any atom is 0.406 e. The van der Waals surface area contributed by atoms with Gasteiger partial charge in [0.25, 0.3) is 15.9 Å². The van der Waals surface area contributed by atoms with Crippen molar-refractivity contribution in [1.82, 2.24) is 4.90 Å². The minimum absolute atomic E-state index is 0.132. The van der Waals surface area contributed by atoms with E-state index >= 15 is 0 Å². The molecular formula is C18H18ClF3N2O3S. The molecule has 152 valence electrons. The zero-order valence-corrected chi connectivity index (χ0v) is 16.6. The molecule has 0 atom stereocenters. The summed E-state index contributed by atoms with van der Waals surface area (Å²) in [7, 11) is -2.71. The predicted molar refractivity (Wildman–Crippen MR) is 101 cm³/mol. The van der Waals surface area contributed by atoms with Gasteiger partial charge in [-0.2, -0.15) is 13.2 Å². The molecule has 0 saturated carbocycles. The van der Waals surface area contributed by atoms with Crippen LogP contribution in [0.2, 0.25) is 5.02 Å². The second-order valence-electron chi connectivity index (χ2n) is 5.88. The van der Waals surface area contributed by atoms with Gasteiger partial charge in [-0.1, -0.05) is 29.8 Å². The van der Waals surface area contributed by atoms with Crippen molar-refractivity contribution in [3.63, 3.8) is 0 Å². The Balaban J connectivity index is 2.43. The third kappa shape index (κ3) is 4.96. The first-order chi connectivity index (χ1) is 13.0. The Labute approximate surface area is 166 Å². The lowest BCUT2D eigenvalue weighted by Gasteiger charge is -2.24. The maximum absolute atomic E-state index is 12.9. The lowest BCUT2D eigenvalue weighted by molar-refractivity contribution is -0.140. The van der Waals surface area contributed by atoms with E-state index < -0.39 is 28.7 Å². The van der Waals surface area contributed by atoms with Gasteiger partial charge in [0.05, 0.1) is 21.2 Å². The number of carbonyl (C=O) groups excluding carboxylic acids is 1. The Morgan fingerprint density at radius 1 is 1.11 bits per heavy atom. The van der Waals surface area contributed by atoms with Gasteiger partial charge in [0.1, 0.15) is 6.54 Å². The molecule has 0 spiro atoms. The number of amides is 1. The van der Waals surface area contributed by atoms with Crippen LogP contribution >= 0.6 is 11.6 Å². The highest BCUT2D eigenvalue weighted by atomic mass is 35.5. The first-order valence-corrected chi connectivity index (χ1v) is 9.98. The van der Waals surface area contributed by atoms with E-state index in [4.69, 9.17) is 11.6 Å². The summed E-state index contributed by atoms with van der Waals surface area (Å²) in [6.07, 6.45) is -4.59. The second kappa shape index (κ2) is 8.40. The summed E-state index contributed by atoms with van der Waals surface area (Å²) in [4.78, 5) is 12.8. The normalized spacial score (nSPS) is 11.9. The molecule has 2 aromatic rings. The molecule has 0 heterocycles. The molecule has 0 saturated heterocycles. The summed E-state index contributed by atoms with van der Waals surface area (Å²) >= 11 is 5.97. The number of anilines is 1. The van der Waals surface area contributed by atoms with E-state index in [0.717, 1.165) is 10.4 Å². The second-order valence-corrected chi connectivity index (χ2v) is 8.26. The van der Waals surface area contributed by atoms with E-state index in [-0.39, 0.29) is 22.0 Å². The molecule has 0 aliphatic carbocycles. The van der Waals surface area contributed by atoms with Crippen LogP contribution in [0.3, 0.4) is 0 Å². The molecular weight excluding hydrogens is 417 g/mol. The standard InChI is InChI=1S/C18H18ClF3N2O3S/c1-3-24(12-18(20,21)22)17(25)15-11-14(9-10-16(15)19)28(26,27)23(2)13-7-5-4-6-8-13/h4-11H,3,12H2,1-2H3. The van der Waals surface area contributed by atoms with E-state index in [1.54, 1.807) is 30.3 Å². The number of nitrogens with zero attached hydrogens (tertiary/aromatic N) is 2.